The zero-order valence-electron chi connectivity index (χ0n) is 14.6. The van der Waals surface area contributed by atoms with Crippen LogP contribution in [0.25, 0.3) is 11.1 Å². The number of halogens is 3. The fourth-order valence-corrected chi connectivity index (χ4v) is 3.63. The number of alkyl halides is 3. The molecule has 2 heterocycles. The lowest BCUT2D eigenvalue weighted by atomic mass is 9.85. The van der Waals surface area contributed by atoms with Crippen LogP contribution in [0, 0.1) is 5.92 Å². The van der Waals surface area contributed by atoms with Crippen LogP contribution in [0.2, 0.25) is 0 Å². The van der Waals surface area contributed by atoms with Crippen LogP contribution < -0.4 is 4.74 Å². The molecule has 0 aliphatic heterocycles. The maximum atomic E-state index is 12.2. The van der Waals surface area contributed by atoms with Crippen LogP contribution in [0.5, 0.6) is 5.75 Å². The van der Waals surface area contributed by atoms with Gasteiger partial charge in [-0.3, -0.25) is 9.97 Å². The molecular weight excluding hydrogens is 377 g/mol. The van der Waals surface area contributed by atoms with E-state index in [1.165, 1.54) is 35.6 Å². The van der Waals surface area contributed by atoms with Gasteiger partial charge in [0.1, 0.15) is 11.4 Å². The monoisotopic (exact) mass is 394 g/mol. The molecule has 1 N–H and O–H groups in total. The second kappa shape index (κ2) is 7.28. The summed E-state index contributed by atoms with van der Waals surface area (Å²) in [4.78, 5) is 9.14. The predicted octanol–water partition coefficient (Wildman–Crippen LogP) is 5.00. The Morgan fingerprint density at radius 1 is 1.00 bits per heavy atom. The fraction of sp³-hybridized carbons (Fsp3) is 0.263. The first-order valence-corrected chi connectivity index (χ1v) is 9.02. The van der Waals surface area contributed by atoms with Gasteiger partial charge in [0.2, 0.25) is 0 Å². The van der Waals surface area contributed by atoms with Gasteiger partial charge >= 0.3 is 6.36 Å². The van der Waals surface area contributed by atoms with Crippen molar-refractivity contribution in [2.75, 3.05) is 0 Å². The minimum Gasteiger partial charge on any atom is -0.406 e. The second-order valence-corrected chi connectivity index (χ2v) is 7.18. The lowest BCUT2D eigenvalue weighted by molar-refractivity contribution is -0.274. The number of aliphatic hydroxyl groups is 1. The first-order valence-electron chi connectivity index (χ1n) is 8.14. The van der Waals surface area contributed by atoms with E-state index in [0.717, 1.165) is 0 Å². The number of pyridine rings is 1. The molecule has 0 spiro atoms. The van der Waals surface area contributed by atoms with E-state index in [1.807, 2.05) is 13.8 Å². The summed E-state index contributed by atoms with van der Waals surface area (Å²) >= 11 is 1.35. The van der Waals surface area contributed by atoms with E-state index in [4.69, 9.17) is 0 Å². The molecule has 0 aliphatic carbocycles. The van der Waals surface area contributed by atoms with Gasteiger partial charge in [0, 0.05) is 18.0 Å². The Morgan fingerprint density at radius 2 is 1.67 bits per heavy atom. The van der Waals surface area contributed by atoms with E-state index in [9.17, 15) is 18.3 Å². The average Bonchev–Trinajstić information content (AvgIpc) is 3.15. The molecule has 27 heavy (non-hydrogen) atoms. The Bertz CT molecular complexity index is 879. The van der Waals surface area contributed by atoms with Gasteiger partial charge in [0.25, 0.3) is 0 Å². The second-order valence-electron chi connectivity index (χ2n) is 6.29. The third-order valence-corrected chi connectivity index (χ3v) is 5.12. The molecule has 1 unspecified atom stereocenters. The van der Waals surface area contributed by atoms with Crippen molar-refractivity contribution in [1.82, 2.24) is 9.97 Å². The third kappa shape index (κ3) is 4.12. The SMILES string of the molecule is CC(C)C(O)(c1ccc(-c2ccc(OC(F)(F)F)cc2)cn1)c1cncs1. The summed E-state index contributed by atoms with van der Waals surface area (Å²) in [5, 5.41) is 11.2. The van der Waals surface area contributed by atoms with Gasteiger partial charge in [-0.05, 0) is 29.7 Å². The Balaban J connectivity index is 1.87. The standard InChI is InChI=1S/C19H17F3N2O2S/c1-12(2)18(25,17-10-23-11-27-17)16-8-5-14(9-24-16)13-3-6-15(7-4-13)26-19(20,21)22/h3-12,25H,1-2H3. The number of hydrogen-bond donors (Lipinski definition) is 1. The van der Waals surface area contributed by atoms with E-state index < -0.39 is 12.0 Å². The Kier molecular flexibility index (Phi) is 5.21. The molecule has 0 aliphatic rings. The van der Waals surface area contributed by atoms with Crippen molar-refractivity contribution < 1.29 is 23.0 Å². The van der Waals surface area contributed by atoms with Crippen LogP contribution in [0.4, 0.5) is 13.2 Å². The van der Waals surface area contributed by atoms with Crippen molar-refractivity contribution >= 4 is 11.3 Å². The molecule has 142 valence electrons. The topological polar surface area (TPSA) is 55.2 Å². The summed E-state index contributed by atoms with van der Waals surface area (Å²) < 4.78 is 40.6. The van der Waals surface area contributed by atoms with E-state index in [2.05, 4.69) is 14.7 Å². The van der Waals surface area contributed by atoms with Gasteiger partial charge in [-0.25, -0.2) is 0 Å². The first kappa shape index (κ1) is 19.3. The molecule has 0 fully saturated rings. The molecule has 1 atom stereocenters. The van der Waals surface area contributed by atoms with Crippen molar-refractivity contribution in [2.45, 2.75) is 25.8 Å². The van der Waals surface area contributed by atoms with E-state index in [-0.39, 0.29) is 11.7 Å². The van der Waals surface area contributed by atoms with Crippen LogP contribution >= 0.6 is 11.3 Å². The predicted molar refractivity (Wildman–Crippen MR) is 96.3 cm³/mol. The van der Waals surface area contributed by atoms with Crippen molar-refractivity contribution in [1.29, 1.82) is 0 Å². The highest BCUT2D eigenvalue weighted by molar-refractivity contribution is 7.09. The zero-order valence-corrected chi connectivity index (χ0v) is 15.4. The number of nitrogens with zero attached hydrogens (tertiary/aromatic N) is 2. The van der Waals surface area contributed by atoms with Gasteiger partial charge in [0.15, 0.2) is 0 Å². The third-order valence-electron chi connectivity index (χ3n) is 4.22. The highest BCUT2D eigenvalue weighted by Gasteiger charge is 2.38. The molecule has 0 radical (unpaired) electrons. The highest BCUT2D eigenvalue weighted by Crippen LogP contribution is 2.38. The van der Waals surface area contributed by atoms with Crippen LogP contribution in [-0.4, -0.2) is 21.4 Å². The Labute approximate surface area is 158 Å². The molecule has 1 aromatic carbocycles. The van der Waals surface area contributed by atoms with Crippen LogP contribution in [0.15, 0.2) is 54.3 Å². The van der Waals surface area contributed by atoms with Crippen molar-refractivity contribution in [3.05, 3.63) is 64.9 Å². The number of rotatable bonds is 5. The van der Waals surface area contributed by atoms with E-state index in [1.54, 1.807) is 30.0 Å². The first-order chi connectivity index (χ1) is 12.7. The van der Waals surface area contributed by atoms with Crippen molar-refractivity contribution in [3.8, 4) is 16.9 Å². The normalized spacial score (nSPS) is 14.2. The number of thiazole rings is 1. The largest absolute Gasteiger partial charge is 0.573 e. The number of benzene rings is 1. The van der Waals surface area contributed by atoms with Gasteiger partial charge in [0.05, 0.1) is 16.1 Å². The lowest BCUT2D eigenvalue weighted by Crippen LogP contribution is -2.33. The molecule has 0 saturated carbocycles. The molecule has 8 heteroatoms. The smallest absolute Gasteiger partial charge is 0.406 e. The van der Waals surface area contributed by atoms with Crippen molar-refractivity contribution in [3.63, 3.8) is 0 Å². The van der Waals surface area contributed by atoms with Crippen LogP contribution in [0.3, 0.4) is 0 Å². The average molecular weight is 394 g/mol. The fourth-order valence-electron chi connectivity index (χ4n) is 2.75. The molecule has 0 amide bonds. The van der Waals surface area contributed by atoms with Gasteiger partial charge in [-0.1, -0.05) is 32.0 Å². The molecule has 0 bridgehead atoms. The van der Waals surface area contributed by atoms with E-state index in [0.29, 0.717) is 21.7 Å². The summed E-state index contributed by atoms with van der Waals surface area (Å²) in [6.07, 6.45) is -1.51. The summed E-state index contributed by atoms with van der Waals surface area (Å²) in [7, 11) is 0. The number of aromatic nitrogens is 2. The summed E-state index contributed by atoms with van der Waals surface area (Å²) in [6, 6.07) is 9.04. The van der Waals surface area contributed by atoms with Gasteiger partial charge in [-0.15, -0.1) is 24.5 Å². The highest BCUT2D eigenvalue weighted by atomic mass is 32.1. The van der Waals surface area contributed by atoms with Crippen molar-refractivity contribution in [2.24, 2.45) is 5.92 Å². The number of hydrogen-bond acceptors (Lipinski definition) is 5. The number of ether oxygens (including phenoxy) is 1. The zero-order chi connectivity index (χ0) is 19.7. The maximum Gasteiger partial charge on any atom is 0.573 e. The summed E-state index contributed by atoms with van der Waals surface area (Å²) in [5.41, 5.74) is 2.29. The quantitative estimate of drug-likeness (QED) is 0.662. The summed E-state index contributed by atoms with van der Waals surface area (Å²) in [6.45, 7) is 3.80. The molecule has 3 rings (SSSR count). The van der Waals surface area contributed by atoms with Gasteiger partial charge < -0.3 is 9.84 Å². The van der Waals surface area contributed by atoms with Crippen LogP contribution in [-0.2, 0) is 5.60 Å². The molecule has 3 aromatic rings. The molecular formula is C19H17F3N2O2S. The summed E-state index contributed by atoms with van der Waals surface area (Å²) in [5.74, 6) is -0.412. The molecule has 4 nitrogen and oxygen atoms in total. The molecule has 0 saturated heterocycles. The van der Waals surface area contributed by atoms with Gasteiger partial charge in [-0.2, -0.15) is 0 Å². The maximum absolute atomic E-state index is 12.2. The molecule has 2 aromatic heterocycles. The Morgan fingerprint density at radius 3 is 2.15 bits per heavy atom. The minimum absolute atomic E-state index is 0.130. The minimum atomic E-state index is -4.72. The lowest BCUT2D eigenvalue weighted by Gasteiger charge is -2.30. The van der Waals surface area contributed by atoms with E-state index >= 15 is 0 Å². The van der Waals surface area contributed by atoms with Crippen LogP contribution in [0.1, 0.15) is 24.4 Å². The Hall–Kier alpha value is -2.45.